The van der Waals surface area contributed by atoms with Crippen LogP contribution in [0.4, 0.5) is 5.13 Å². The molecule has 16 heteroatoms. The highest BCUT2D eigenvalue weighted by molar-refractivity contribution is 8.01. The predicted octanol–water partition coefficient (Wildman–Crippen LogP) is -0.405. The molecule has 0 radical (unpaired) electrons. The van der Waals surface area contributed by atoms with Gasteiger partial charge in [-0.3, -0.25) is 14.5 Å². The normalized spacial score (nSPS) is 19.7. The van der Waals surface area contributed by atoms with E-state index in [0.29, 0.717) is 11.3 Å². The van der Waals surface area contributed by atoms with E-state index >= 15 is 0 Å². The third kappa shape index (κ3) is 6.02. The van der Waals surface area contributed by atoms with Crippen LogP contribution in [-0.2, 0) is 24.0 Å². The topological polar surface area (TPSA) is 191 Å². The lowest BCUT2D eigenvalue weighted by Gasteiger charge is -2.50. The van der Waals surface area contributed by atoms with Gasteiger partial charge in [-0.25, -0.2) is 9.78 Å². The monoisotopic (exact) mass is 592 g/mol. The Morgan fingerprint density at radius 2 is 2.13 bits per heavy atom. The highest BCUT2D eigenvalue weighted by Crippen LogP contribution is 2.41. The largest absolute Gasteiger partial charge is 0.543 e. The average Bonchev–Trinajstić information content (AvgIpc) is 3.35. The van der Waals surface area contributed by atoms with Gasteiger partial charge in [-0.15, -0.1) is 34.9 Å². The number of rotatable bonds is 11. The number of carbonyl (C=O) groups is 4. The van der Waals surface area contributed by atoms with Gasteiger partial charge in [-0.2, -0.15) is 4.57 Å². The molecule has 39 heavy (non-hydrogen) atoms. The Morgan fingerprint density at radius 3 is 2.72 bits per heavy atom. The summed E-state index contributed by atoms with van der Waals surface area (Å²) in [6, 6.07) is 1.77. The number of nitrogens with two attached hydrogens (primary N) is 1. The van der Waals surface area contributed by atoms with Gasteiger partial charge >= 0.3 is 5.97 Å². The molecule has 4 heterocycles. The average molecular weight is 593 g/mol. The molecule has 2 amide bonds. The molecule has 2 aromatic rings. The maximum Gasteiger partial charge on any atom is 0.373 e. The van der Waals surface area contributed by atoms with Gasteiger partial charge in [0.2, 0.25) is 0 Å². The van der Waals surface area contributed by atoms with Crippen LogP contribution in [0, 0.1) is 0 Å². The number of amides is 2. The van der Waals surface area contributed by atoms with Gasteiger partial charge in [0.15, 0.2) is 23.2 Å². The van der Waals surface area contributed by atoms with Crippen LogP contribution in [0.2, 0.25) is 0 Å². The summed E-state index contributed by atoms with van der Waals surface area (Å²) in [5, 5.41) is 28.8. The third-order valence-electron chi connectivity index (χ3n) is 5.83. The molecule has 2 aromatic heterocycles. The van der Waals surface area contributed by atoms with E-state index in [4.69, 9.17) is 15.7 Å². The molecule has 3 atom stereocenters. The number of pyridine rings is 1. The minimum Gasteiger partial charge on any atom is -0.543 e. The minimum absolute atomic E-state index is 0.147. The number of carbonyl (C=O) groups excluding carboxylic acids is 3. The number of fused-ring (bicyclic) bond motifs is 1. The van der Waals surface area contributed by atoms with Crippen molar-refractivity contribution >= 4 is 69.5 Å². The summed E-state index contributed by atoms with van der Waals surface area (Å²) >= 11 is 3.79. The molecular formula is C23H24N6O7S3. The molecule has 0 spiro atoms. The summed E-state index contributed by atoms with van der Waals surface area (Å²) in [5.41, 5.74) is 6.02. The van der Waals surface area contributed by atoms with Crippen molar-refractivity contribution in [2.75, 3.05) is 23.8 Å². The van der Waals surface area contributed by atoms with E-state index in [9.17, 15) is 24.3 Å². The summed E-state index contributed by atoms with van der Waals surface area (Å²) in [4.78, 5) is 60.2. The number of aromatic nitrogens is 2. The highest BCUT2D eigenvalue weighted by Gasteiger charge is 2.53. The van der Waals surface area contributed by atoms with Crippen molar-refractivity contribution in [1.82, 2.24) is 15.2 Å². The SMILES string of the molecule is CCO/N=C(\C(=O)N[C@@H]1C(=O)N2C(C(=O)[O-])=C(CSc3cc[n+](C(C)C(=O)O)cc3)CS[C@H]12)c1csc(N)n1. The molecule has 1 saturated heterocycles. The zero-order chi connectivity index (χ0) is 28.3. The Labute approximate surface area is 235 Å². The molecular weight excluding hydrogens is 568 g/mol. The number of carboxylic acid groups (broad SMARTS) is 2. The van der Waals surface area contributed by atoms with Crippen molar-refractivity contribution in [3.63, 3.8) is 0 Å². The summed E-state index contributed by atoms with van der Waals surface area (Å²) in [7, 11) is 0. The van der Waals surface area contributed by atoms with E-state index in [1.54, 1.807) is 42.9 Å². The Hall–Kier alpha value is -3.63. The fourth-order valence-corrected chi connectivity index (χ4v) is 6.72. The maximum atomic E-state index is 13.0. The Bertz CT molecular complexity index is 1360. The summed E-state index contributed by atoms with van der Waals surface area (Å²) in [6.45, 7) is 3.46. The summed E-state index contributed by atoms with van der Waals surface area (Å²) in [6.07, 6.45) is 3.27. The van der Waals surface area contributed by atoms with Crippen molar-refractivity contribution in [1.29, 1.82) is 0 Å². The number of nitrogens with one attached hydrogen (secondary N) is 1. The van der Waals surface area contributed by atoms with E-state index in [2.05, 4.69) is 15.5 Å². The van der Waals surface area contributed by atoms with Gasteiger partial charge in [-0.05, 0) is 12.5 Å². The van der Waals surface area contributed by atoms with Gasteiger partial charge in [0.1, 0.15) is 23.7 Å². The van der Waals surface area contributed by atoms with Crippen molar-refractivity contribution in [3.05, 3.63) is 46.9 Å². The molecule has 1 unspecified atom stereocenters. The molecule has 4 rings (SSSR count). The zero-order valence-corrected chi connectivity index (χ0v) is 23.2. The molecule has 2 aliphatic rings. The van der Waals surface area contributed by atoms with Gasteiger partial charge in [-0.1, -0.05) is 5.16 Å². The van der Waals surface area contributed by atoms with Crippen molar-refractivity contribution in [2.24, 2.45) is 5.16 Å². The molecule has 0 saturated carbocycles. The van der Waals surface area contributed by atoms with Crippen LogP contribution < -0.4 is 20.7 Å². The molecule has 0 bridgehead atoms. The molecule has 206 valence electrons. The molecule has 2 aliphatic heterocycles. The number of thioether (sulfide) groups is 2. The zero-order valence-electron chi connectivity index (χ0n) is 20.7. The smallest absolute Gasteiger partial charge is 0.373 e. The van der Waals surface area contributed by atoms with Crippen molar-refractivity contribution in [2.45, 2.75) is 36.2 Å². The first kappa shape index (κ1) is 28.4. The predicted molar refractivity (Wildman–Crippen MR) is 141 cm³/mol. The number of oxime groups is 1. The fraction of sp³-hybridized carbons (Fsp3) is 0.348. The van der Waals surface area contributed by atoms with Gasteiger partial charge in [0.05, 0.1) is 11.7 Å². The second-order valence-corrected chi connectivity index (χ2v) is 11.4. The molecule has 1 fully saturated rings. The fourth-order valence-electron chi connectivity index (χ4n) is 3.80. The van der Waals surface area contributed by atoms with E-state index in [-0.39, 0.29) is 34.6 Å². The summed E-state index contributed by atoms with van der Waals surface area (Å²) in [5.74, 6) is -3.14. The standard InChI is InChI=1S/C23H24N6O7S3/c1-3-36-27-15(14-10-39-23(24)25-14)18(30)26-16-19(31)29-17(22(34)35)12(9-38-20(16)29)8-37-13-4-6-28(7-5-13)11(2)21(32)33/h4-7,10-11,16,20H,3,8-9H2,1-2H3,(H4-,24,25,26,30,32,33,34,35)/b27-15-/t11?,16-,20-/m1/s1. The Balaban J connectivity index is 1.45. The number of nitrogen functional groups attached to an aromatic ring is 1. The quantitative estimate of drug-likeness (QED) is 0.101. The second kappa shape index (κ2) is 12.0. The third-order valence-corrected chi connectivity index (χ3v) is 8.94. The number of hydrogen-bond donors (Lipinski definition) is 3. The van der Waals surface area contributed by atoms with Gasteiger partial charge in [0.25, 0.3) is 17.9 Å². The molecule has 13 nitrogen and oxygen atoms in total. The lowest BCUT2D eigenvalue weighted by Crippen LogP contribution is -2.71. The van der Waals surface area contributed by atoms with E-state index in [1.807, 2.05) is 0 Å². The lowest BCUT2D eigenvalue weighted by atomic mass is 10.0. The van der Waals surface area contributed by atoms with Crippen LogP contribution in [0.1, 0.15) is 25.6 Å². The Morgan fingerprint density at radius 1 is 1.41 bits per heavy atom. The number of carboxylic acids is 2. The first-order valence-corrected chi connectivity index (χ1v) is 14.5. The van der Waals surface area contributed by atoms with Crippen LogP contribution in [0.15, 0.2) is 51.2 Å². The van der Waals surface area contributed by atoms with Crippen LogP contribution in [0.5, 0.6) is 0 Å². The van der Waals surface area contributed by atoms with Crippen LogP contribution in [0.25, 0.3) is 0 Å². The number of hydrogen-bond acceptors (Lipinski definition) is 12. The van der Waals surface area contributed by atoms with Crippen LogP contribution in [-0.4, -0.2) is 74.0 Å². The minimum atomic E-state index is -1.48. The number of nitrogens with zero attached hydrogens (tertiary/aromatic N) is 4. The summed E-state index contributed by atoms with van der Waals surface area (Å²) < 4.78 is 1.54. The first-order chi connectivity index (χ1) is 18.6. The van der Waals surface area contributed by atoms with E-state index in [0.717, 1.165) is 21.1 Å². The van der Waals surface area contributed by atoms with Gasteiger partial charge < -0.3 is 30.9 Å². The highest BCUT2D eigenvalue weighted by atomic mass is 32.2. The lowest BCUT2D eigenvalue weighted by molar-refractivity contribution is -0.707. The number of β-lactam (4-membered cyclic amide) rings is 1. The Kier molecular flexibility index (Phi) is 8.76. The van der Waals surface area contributed by atoms with E-state index < -0.39 is 41.2 Å². The number of aliphatic carboxylic acids is 2. The van der Waals surface area contributed by atoms with Crippen molar-refractivity contribution < 1.29 is 38.8 Å². The molecule has 4 N–H and O–H groups in total. The number of thiazole rings is 1. The first-order valence-electron chi connectivity index (χ1n) is 11.6. The molecule has 0 aliphatic carbocycles. The van der Waals surface area contributed by atoms with E-state index in [1.165, 1.54) is 28.9 Å². The van der Waals surface area contributed by atoms with Crippen LogP contribution >= 0.6 is 34.9 Å². The van der Waals surface area contributed by atoms with Crippen LogP contribution in [0.3, 0.4) is 0 Å². The van der Waals surface area contributed by atoms with Gasteiger partial charge in [0, 0.05) is 40.8 Å². The van der Waals surface area contributed by atoms with Crippen molar-refractivity contribution in [3.8, 4) is 0 Å². The molecule has 0 aromatic carbocycles. The number of anilines is 1. The maximum absolute atomic E-state index is 13.0. The second-order valence-electron chi connectivity index (χ2n) is 8.31.